The molecule has 0 saturated carbocycles. The van der Waals surface area contributed by atoms with Crippen LogP contribution in [0.5, 0.6) is 0 Å². The van der Waals surface area contributed by atoms with Crippen LogP contribution in [-0.4, -0.2) is 24.1 Å². The van der Waals surface area contributed by atoms with Gasteiger partial charge in [-0.15, -0.1) is 0 Å². The van der Waals surface area contributed by atoms with Crippen LogP contribution in [0.4, 0.5) is 0 Å². The van der Waals surface area contributed by atoms with E-state index in [-0.39, 0.29) is 5.08 Å². The van der Waals surface area contributed by atoms with E-state index < -0.39 is 0 Å². The third kappa shape index (κ3) is 5.66. The number of hydrogen-bond donors (Lipinski definition) is 1. The van der Waals surface area contributed by atoms with E-state index in [1.807, 2.05) is 7.05 Å². The summed E-state index contributed by atoms with van der Waals surface area (Å²) in [5, 5.41) is 3.37. The van der Waals surface area contributed by atoms with Gasteiger partial charge in [-0.05, 0) is 48.7 Å². The molecule has 0 spiro atoms. The lowest BCUT2D eigenvalue weighted by Crippen LogP contribution is -2.35. The molecule has 0 heterocycles. The first-order valence-electron chi connectivity index (χ1n) is 5.20. The number of halogens is 1. The van der Waals surface area contributed by atoms with Crippen molar-refractivity contribution >= 4 is 15.9 Å². The number of nitrogens with one attached hydrogen (secondary N) is 1. The fourth-order valence-corrected chi connectivity index (χ4v) is 1.46. The van der Waals surface area contributed by atoms with E-state index in [1.165, 1.54) is 12.1 Å². The Morgan fingerprint density at radius 1 is 1.50 bits per heavy atom. The minimum absolute atomic E-state index is 0.220. The van der Waals surface area contributed by atoms with Crippen LogP contribution in [0.1, 0.15) is 33.6 Å². The van der Waals surface area contributed by atoms with E-state index in [2.05, 4.69) is 60.0 Å². The van der Waals surface area contributed by atoms with Crippen LogP contribution >= 0.6 is 15.9 Å². The first kappa shape index (κ1) is 14.0. The summed E-state index contributed by atoms with van der Waals surface area (Å²) in [6.45, 7) is 6.66. The lowest BCUT2D eigenvalue weighted by molar-refractivity contribution is 0.365. The molecule has 0 bridgehead atoms. The van der Waals surface area contributed by atoms with Crippen molar-refractivity contribution in [2.45, 2.75) is 38.7 Å². The number of hydrogen-bond acceptors (Lipinski definition) is 2. The van der Waals surface area contributed by atoms with Gasteiger partial charge < -0.3 is 4.90 Å². The Kier molecular flexibility index (Phi) is 7.28. The summed E-state index contributed by atoms with van der Waals surface area (Å²) < 4.78 is 0. The molecule has 0 fully saturated rings. The van der Waals surface area contributed by atoms with Crippen LogP contribution in [0.2, 0.25) is 0 Å². The Morgan fingerprint density at radius 3 is 2.50 bits per heavy atom. The van der Waals surface area contributed by atoms with Gasteiger partial charge in [-0.3, -0.25) is 5.32 Å². The third-order valence-corrected chi connectivity index (χ3v) is 3.39. The van der Waals surface area contributed by atoms with Crippen molar-refractivity contribution in [3.05, 3.63) is 11.8 Å². The molecule has 0 aromatic carbocycles. The Balaban J connectivity index is 3.97. The van der Waals surface area contributed by atoms with Gasteiger partial charge in [0.15, 0.2) is 0 Å². The number of alkyl halides is 1. The van der Waals surface area contributed by atoms with Crippen LogP contribution in [-0.2, 0) is 0 Å². The molecule has 14 heavy (non-hydrogen) atoms. The molecule has 0 amide bonds. The van der Waals surface area contributed by atoms with Crippen molar-refractivity contribution in [2.24, 2.45) is 5.92 Å². The van der Waals surface area contributed by atoms with Crippen LogP contribution in [0.3, 0.4) is 0 Å². The van der Waals surface area contributed by atoms with Crippen LogP contribution < -0.4 is 5.32 Å². The zero-order valence-electron chi connectivity index (χ0n) is 9.97. The Bertz CT molecular complexity index is 178. The zero-order valence-corrected chi connectivity index (χ0v) is 11.6. The van der Waals surface area contributed by atoms with Crippen molar-refractivity contribution in [3.63, 3.8) is 0 Å². The van der Waals surface area contributed by atoms with Crippen molar-refractivity contribution < 1.29 is 0 Å². The Morgan fingerprint density at radius 2 is 2.07 bits per heavy atom. The summed E-state index contributed by atoms with van der Waals surface area (Å²) in [6.07, 6.45) is 4.72. The van der Waals surface area contributed by atoms with Gasteiger partial charge in [0.1, 0.15) is 5.08 Å². The van der Waals surface area contributed by atoms with Gasteiger partial charge in [-0.2, -0.15) is 0 Å². The summed E-state index contributed by atoms with van der Waals surface area (Å²) in [5.74, 6) is 0.786. The van der Waals surface area contributed by atoms with Crippen molar-refractivity contribution in [3.8, 4) is 0 Å². The van der Waals surface area contributed by atoms with E-state index in [0.29, 0.717) is 0 Å². The van der Waals surface area contributed by atoms with E-state index in [0.717, 1.165) is 12.3 Å². The monoisotopic (exact) mass is 262 g/mol. The predicted molar refractivity (Wildman–Crippen MR) is 67.4 cm³/mol. The number of nitrogens with zero attached hydrogens (tertiary/aromatic N) is 1. The molecule has 0 aliphatic carbocycles. The molecule has 0 radical (unpaired) electrons. The standard InChI is InChI=1S/C11H23BrN2/c1-9(2)7-6-8-10(3)14(5)11(12)13-4/h8-9,11,13H,6-7H2,1-5H3/b10-8+. The Labute approximate surface area is 96.9 Å². The first-order valence-corrected chi connectivity index (χ1v) is 6.11. The second-order valence-electron chi connectivity index (χ2n) is 4.05. The van der Waals surface area contributed by atoms with E-state index in [9.17, 15) is 0 Å². The van der Waals surface area contributed by atoms with Crippen molar-refractivity contribution in [1.29, 1.82) is 0 Å². The molecule has 3 heteroatoms. The van der Waals surface area contributed by atoms with Gasteiger partial charge in [0.05, 0.1) is 0 Å². The molecular weight excluding hydrogens is 240 g/mol. The number of allylic oxidation sites excluding steroid dienone is 2. The molecule has 2 nitrogen and oxygen atoms in total. The first-order chi connectivity index (χ1) is 6.49. The summed E-state index contributed by atoms with van der Waals surface area (Å²) in [4.78, 5) is 2.18. The summed E-state index contributed by atoms with van der Waals surface area (Å²) in [5.41, 5.74) is 1.31. The highest BCUT2D eigenvalue weighted by Gasteiger charge is 2.07. The highest BCUT2D eigenvalue weighted by molar-refractivity contribution is 9.09. The zero-order chi connectivity index (χ0) is 11.1. The van der Waals surface area contributed by atoms with E-state index >= 15 is 0 Å². The van der Waals surface area contributed by atoms with Gasteiger partial charge in [0.2, 0.25) is 0 Å². The van der Waals surface area contributed by atoms with Gasteiger partial charge in [0.25, 0.3) is 0 Å². The SMILES string of the molecule is CNC(Br)N(C)/C(C)=C/CCC(C)C. The molecule has 0 aromatic heterocycles. The maximum atomic E-state index is 3.54. The lowest BCUT2D eigenvalue weighted by atomic mass is 10.1. The maximum absolute atomic E-state index is 3.54. The fraction of sp³-hybridized carbons (Fsp3) is 0.818. The van der Waals surface area contributed by atoms with Gasteiger partial charge in [-0.1, -0.05) is 19.9 Å². The summed E-state index contributed by atoms with van der Waals surface area (Å²) in [6, 6.07) is 0. The summed E-state index contributed by atoms with van der Waals surface area (Å²) >= 11 is 3.54. The molecule has 0 aromatic rings. The second kappa shape index (κ2) is 7.30. The van der Waals surface area contributed by atoms with E-state index in [1.54, 1.807) is 0 Å². The molecular formula is C11H23BrN2. The molecule has 0 aliphatic heterocycles. The Hall–Kier alpha value is -0.0200. The summed E-state index contributed by atoms with van der Waals surface area (Å²) in [7, 11) is 4.02. The van der Waals surface area contributed by atoms with Gasteiger partial charge >= 0.3 is 0 Å². The second-order valence-corrected chi connectivity index (χ2v) is 4.92. The average molecular weight is 263 g/mol. The van der Waals surface area contributed by atoms with Crippen LogP contribution in [0.25, 0.3) is 0 Å². The maximum Gasteiger partial charge on any atom is 0.136 e. The smallest absolute Gasteiger partial charge is 0.136 e. The molecule has 1 atom stereocenters. The molecule has 0 rings (SSSR count). The molecule has 0 aliphatic rings. The van der Waals surface area contributed by atoms with E-state index in [4.69, 9.17) is 0 Å². The largest absolute Gasteiger partial charge is 0.354 e. The topological polar surface area (TPSA) is 15.3 Å². The lowest BCUT2D eigenvalue weighted by Gasteiger charge is -2.25. The third-order valence-electron chi connectivity index (χ3n) is 2.32. The van der Waals surface area contributed by atoms with Crippen LogP contribution in [0.15, 0.2) is 11.8 Å². The minimum Gasteiger partial charge on any atom is -0.354 e. The predicted octanol–water partition coefficient (Wildman–Crippen LogP) is 3.16. The number of rotatable bonds is 6. The normalized spacial score (nSPS) is 14.6. The van der Waals surface area contributed by atoms with Gasteiger partial charge in [0, 0.05) is 12.7 Å². The van der Waals surface area contributed by atoms with Crippen molar-refractivity contribution in [1.82, 2.24) is 10.2 Å². The quantitative estimate of drug-likeness (QED) is 0.450. The molecule has 1 unspecified atom stereocenters. The molecule has 84 valence electrons. The highest BCUT2D eigenvalue weighted by atomic mass is 79.9. The average Bonchev–Trinajstić information content (AvgIpc) is 2.14. The fourth-order valence-electron chi connectivity index (χ4n) is 1.14. The molecule has 0 saturated heterocycles. The minimum atomic E-state index is 0.220. The van der Waals surface area contributed by atoms with Gasteiger partial charge in [-0.25, -0.2) is 0 Å². The van der Waals surface area contributed by atoms with Crippen molar-refractivity contribution in [2.75, 3.05) is 14.1 Å². The highest BCUT2D eigenvalue weighted by Crippen LogP contribution is 2.12. The molecule has 1 N–H and O–H groups in total. The van der Waals surface area contributed by atoms with Crippen LogP contribution in [0, 0.1) is 5.92 Å².